The number of nitrogens with zero attached hydrogens (tertiary/aromatic N) is 3. The van der Waals surface area contributed by atoms with Crippen molar-refractivity contribution < 1.29 is 4.39 Å². The molecule has 28 heavy (non-hydrogen) atoms. The van der Waals surface area contributed by atoms with Gasteiger partial charge in [-0.05, 0) is 56.5 Å². The van der Waals surface area contributed by atoms with Crippen molar-refractivity contribution >= 4 is 0 Å². The molecule has 1 fully saturated rings. The molecule has 144 valence electrons. The van der Waals surface area contributed by atoms with Crippen molar-refractivity contribution in [3.8, 4) is 11.4 Å². The van der Waals surface area contributed by atoms with Gasteiger partial charge in [0.2, 0.25) is 5.82 Å². The smallest absolute Gasteiger partial charge is 0.287 e. The van der Waals surface area contributed by atoms with Gasteiger partial charge in [-0.3, -0.25) is 14.7 Å². The average molecular weight is 378 g/mol. The summed E-state index contributed by atoms with van der Waals surface area (Å²) in [6.45, 7) is 2.24. The van der Waals surface area contributed by atoms with Crippen LogP contribution in [0.3, 0.4) is 0 Å². The van der Waals surface area contributed by atoms with E-state index >= 15 is 0 Å². The van der Waals surface area contributed by atoms with Crippen molar-refractivity contribution in [2.75, 3.05) is 7.05 Å². The number of hydrogen-bond acceptors (Lipinski definition) is 4. The highest BCUT2D eigenvalue weighted by Crippen LogP contribution is 2.43. The van der Waals surface area contributed by atoms with Gasteiger partial charge in [-0.25, -0.2) is 4.98 Å². The Morgan fingerprint density at radius 1 is 1.25 bits per heavy atom. The van der Waals surface area contributed by atoms with Gasteiger partial charge in [0.1, 0.15) is 5.82 Å². The fourth-order valence-corrected chi connectivity index (χ4v) is 3.70. The van der Waals surface area contributed by atoms with Gasteiger partial charge in [0.05, 0.1) is 17.4 Å². The number of nitrogens with one attached hydrogen (secondary N) is 1. The number of H-pyrrole nitrogens is 1. The summed E-state index contributed by atoms with van der Waals surface area (Å²) in [4.78, 5) is 25.3. The molecule has 1 N–H and O–H groups in total. The highest BCUT2D eigenvalue weighted by atomic mass is 19.1. The first-order valence-corrected chi connectivity index (χ1v) is 9.50. The summed E-state index contributed by atoms with van der Waals surface area (Å²) in [5.41, 5.74) is 2.33. The Labute approximate surface area is 163 Å². The average Bonchev–Trinajstić information content (AvgIpc) is 3.52. The van der Waals surface area contributed by atoms with Crippen LogP contribution in [0.4, 0.5) is 4.39 Å². The van der Waals surface area contributed by atoms with Crippen molar-refractivity contribution in [3.63, 3.8) is 0 Å². The number of benzene rings is 1. The quantitative estimate of drug-likeness (QED) is 0.707. The number of hydrogen-bond donors (Lipinski definition) is 1. The van der Waals surface area contributed by atoms with E-state index in [4.69, 9.17) is 0 Å². The second-order valence-corrected chi connectivity index (χ2v) is 7.47. The zero-order valence-corrected chi connectivity index (χ0v) is 16.0. The van der Waals surface area contributed by atoms with Crippen LogP contribution in [0.1, 0.15) is 35.8 Å². The second kappa shape index (κ2) is 7.64. The molecule has 1 aliphatic carbocycles. The molecule has 0 saturated heterocycles. The van der Waals surface area contributed by atoms with E-state index < -0.39 is 11.4 Å². The van der Waals surface area contributed by atoms with E-state index in [2.05, 4.69) is 39.0 Å². The summed E-state index contributed by atoms with van der Waals surface area (Å²) in [6, 6.07) is 14.2. The maximum atomic E-state index is 13.6. The van der Waals surface area contributed by atoms with Crippen LogP contribution >= 0.6 is 0 Å². The lowest BCUT2D eigenvalue weighted by Gasteiger charge is -2.28. The molecule has 0 unspecified atom stereocenters. The Hall–Kier alpha value is -2.86. The van der Waals surface area contributed by atoms with Crippen LogP contribution in [0.25, 0.3) is 11.4 Å². The third-order valence-electron chi connectivity index (χ3n) is 5.20. The molecular formula is C22H23FN4O. The van der Waals surface area contributed by atoms with E-state index in [0.717, 1.165) is 23.4 Å². The van der Waals surface area contributed by atoms with Crippen LogP contribution in [0.2, 0.25) is 0 Å². The van der Waals surface area contributed by atoms with Crippen LogP contribution < -0.4 is 5.56 Å². The number of aromatic amines is 1. The van der Waals surface area contributed by atoms with Crippen LogP contribution in [0.5, 0.6) is 0 Å². The predicted molar refractivity (Wildman–Crippen MR) is 106 cm³/mol. The van der Waals surface area contributed by atoms with Crippen LogP contribution in [0, 0.1) is 18.7 Å². The first-order valence-electron chi connectivity index (χ1n) is 9.50. The summed E-state index contributed by atoms with van der Waals surface area (Å²) in [7, 11) is 2.12. The van der Waals surface area contributed by atoms with Gasteiger partial charge < -0.3 is 4.98 Å². The Morgan fingerprint density at radius 3 is 2.75 bits per heavy atom. The number of halogens is 1. The molecule has 0 spiro atoms. The van der Waals surface area contributed by atoms with E-state index in [9.17, 15) is 9.18 Å². The monoisotopic (exact) mass is 378 g/mol. The molecule has 1 atom stereocenters. The number of aromatic nitrogens is 3. The molecule has 0 aliphatic heterocycles. The van der Waals surface area contributed by atoms with Crippen molar-refractivity contribution in [2.45, 2.75) is 32.4 Å². The minimum Gasteiger partial charge on any atom is -0.304 e. The highest BCUT2D eigenvalue weighted by Gasteiger charge is 2.35. The number of pyridine rings is 1. The Balaban J connectivity index is 1.59. The lowest BCUT2D eigenvalue weighted by Crippen LogP contribution is -2.26. The number of aryl methyl sites for hydroxylation is 1. The summed E-state index contributed by atoms with van der Waals surface area (Å²) in [6.07, 6.45) is 4.30. The van der Waals surface area contributed by atoms with Gasteiger partial charge in [0.25, 0.3) is 5.56 Å². The van der Waals surface area contributed by atoms with Crippen molar-refractivity contribution in [2.24, 2.45) is 5.92 Å². The van der Waals surface area contributed by atoms with Crippen LogP contribution in [-0.2, 0) is 6.54 Å². The predicted octanol–water partition coefficient (Wildman–Crippen LogP) is 3.86. The largest absolute Gasteiger partial charge is 0.304 e. The maximum Gasteiger partial charge on any atom is 0.287 e. The van der Waals surface area contributed by atoms with Gasteiger partial charge in [-0.2, -0.15) is 4.39 Å². The van der Waals surface area contributed by atoms with E-state index in [-0.39, 0.29) is 11.7 Å². The first-order chi connectivity index (χ1) is 13.5. The fourth-order valence-electron chi connectivity index (χ4n) is 3.70. The molecule has 0 bridgehead atoms. The molecule has 1 aliphatic rings. The van der Waals surface area contributed by atoms with Gasteiger partial charge >= 0.3 is 0 Å². The van der Waals surface area contributed by atoms with Crippen molar-refractivity contribution in [3.05, 3.63) is 81.8 Å². The summed E-state index contributed by atoms with van der Waals surface area (Å²) >= 11 is 0. The van der Waals surface area contributed by atoms with Gasteiger partial charge in [-0.15, -0.1) is 0 Å². The standard InChI is InChI=1S/C22H23FN4O/c1-14-19(23)22(28)26-21(25-14)17-7-5-6-15(12-17)13-27(2)20(16-9-10-16)18-8-3-4-11-24-18/h3-8,11-12,16,20H,9-10,13H2,1-2H3,(H,25,26,28)/t20-/m0/s1. The van der Waals surface area contributed by atoms with Crippen LogP contribution in [-0.4, -0.2) is 26.9 Å². The molecular weight excluding hydrogens is 355 g/mol. The van der Waals surface area contributed by atoms with E-state index in [1.807, 2.05) is 36.5 Å². The molecule has 2 heterocycles. The van der Waals surface area contributed by atoms with E-state index in [1.54, 1.807) is 0 Å². The SMILES string of the molecule is Cc1nc(-c2cccc(CN(C)[C@H](c3ccccn3)C3CC3)c2)[nH]c(=O)c1F. The van der Waals surface area contributed by atoms with Gasteiger partial charge in [0.15, 0.2) is 0 Å². The highest BCUT2D eigenvalue weighted by molar-refractivity contribution is 5.56. The third-order valence-corrected chi connectivity index (χ3v) is 5.20. The molecule has 1 aromatic carbocycles. The molecule has 0 radical (unpaired) electrons. The molecule has 5 nitrogen and oxygen atoms in total. The third kappa shape index (κ3) is 3.87. The summed E-state index contributed by atoms with van der Waals surface area (Å²) in [5, 5.41) is 0. The zero-order chi connectivity index (χ0) is 19.7. The molecule has 0 amide bonds. The lowest BCUT2D eigenvalue weighted by atomic mass is 10.0. The number of rotatable bonds is 6. The molecule has 2 aromatic heterocycles. The van der Waals surface area contributed by atoms with Crippen molar-refractivity contribution in [1.82, 2.24) is 19.9 Å². The first kappa shape index (κ1) is 18.5. The summed E-state index contributed by atoms with van der Waals surface area (Å²) < 4.78 is 13.6. The minimum atomic E-state index is -0.831. The lowest BCUT2D eigenvalue weighted by molar-refractivity contribution is 0.208. The molecule has 1 saturated carbocycles. The Bertz CT molecular complexity index is 1030. The molecule has 6 heteroatoms. The van der Waals surface area contributed by atoms with E-state index in [0.29, 0.717) is 11.7 Å². The molecule has 3 aromatic rings. The molecule has 4 rings (SSSR count). The van der Waals surface area contributed by atoms with Gasteiger partial charge in [-0.1, -0.05) is 24.3 Å². The Morgan fingerprint density at radius 2 is 2.07 bits per heavy atom. The zero-order valence-electron chi connectivity index (χ0n) is 16.0. The maximum absolute atomic E-state index is 13.6. The second-order valence-electron chi connectivity index (χ2n) is 7.47. The normalized spacial score (nSPS) is 15.0. The topological polar surface area (TPSA) is 61.9 Å². The summed E-state index contributed by atoms with van der Waals surface area (Å²) in [5.74, 6) is 0.194. The van der Waals surface area contributed by atoms with Crippen LogP contribution in [0.15, 0.2) is 53.5 Å². The van der Waals surface area contributed by atoms with Crippen molar-refractivity contribution in [1.29, 1.82) is 0 Å². The Kier molecular flexibility index (Phi) is 5.05. The van der Waals surface area contributed by atoms with Gasteiger partial charge in [0, 0.05) is 18.3 Å². The van der Waals surface area contributed by atoms with E-state index in [1.165, 1.54) is 19.8 Å². The fraction of sp³-hybridized carbons (Fsp3) is 0.318. The minimum absolute atomic E-state index is 0.102.